The highest BCUT2D eigenvalue weighted by Crippen LogP contribution is 2.52. The summed E-state index contributed by atoms with van der Waals surface area (Å²) < 4.78 is 13.3. The summed E-state index contributed by atoms with van der Waals surface area (Å²) >= 11 is 1.61. The number of fused-ring (bicyclic) bond motifs is 5. The Bertz CT molecular complexity index is 1390. The molecule has 3 aromatic carbocycles. The molecular weight excluding hydrogens is 450 g/mol. The van der Waals surface area contributed by atoms with Crippen LogP contribution in [-0.2, 0) is 4.79 Å². The van der Waals surface area contributed by atoms with Crippen molar-refractivity contribution in [3.63, 3.8) is 0 Å². The molecular formula is C27H23NO5S. The van der Waals surface area contributed by atoms with Crippen molar-refractivity contribution in [3.05, 3.63) is 71.8 Å². The van der Waals surface area contributed by atoms with Crippen molar-refractivity contribution in [2.45, 2.75) is 18.9 Å². The van der Waals surface area contributed by atoms with Crippen LogP contribution in [0.1, 0.15) is 30.1 Å². The molecule has 0 saturated carbocycles. The third-order valence-corrected chi connectivity index (χ3v) is 7.61. The van der Waals surface area contributed by atoms with E-state index in [-0.39, 0.29) is 23.5 Å². The quantitative estimate of drug-likeness (QED) is 0.402. The Kier molecular flexibility index (Phi) is 5.07. The average Bonchev–Trinajstić information content (AvgIpc) is 3.41. The lowest BCUT2D eigenvalue weighted by atomic mass is 9.93. The predicted molar refractivity (Wildman–Crippen MR) is 131 cm³/mol. The fraction of sp³-hybridized carbons (Fsp3) is 0.222. The van der Waals surface area contributed by atoms with Gasteiger partial charge in [-0.15, -0.1) is 11.3 Å². The second-order valence-electron chi connectivity index (χ2n) is 8.61. The zero-order valence-electron chi connectivity index (χ0n) is 18.4. The van der Waals surface area contributed by atoms with Crippen molar-refractivity contribution in [3.8, 4) is 33.4 Å². The number of carbonyl (C=O) groups is 1. The van der Waals surface area contributed by atoms with E-state index in [2.05, 4.69) is 0 Å². The van der Waals surface area contributed by atoms with Crippen LogP contribution < -0.4 is 9.47 Å². The zero-order chi connectivity index (χ0) is 23.2. The van der Waals surface area contributed by atoms with E-state index in [9.17, 15) is 15.0 Å². The number of phenolic OH excluding ortho intramolecular Hbond substituents is 2. The van der Waals surface area contributed by atoms with Gasteiger partial charge in [0.15, 0.2) is 6.10 Å². The summed E-state index contributed by atoms with van der Waals surface area (Å²) in [5, 5.41) is 21.1. The first-order chi connectivity index (χ1) is 16.6. The first-order valence-corrected chi connectivity index (χ1v) is 12.1. The summed E-state index contributed by atoms with van der Waals surface area (Å²) in [5.41, 5.74) is 2.95. The van der Waals surface area contributed by atoms with E-state index < -0.39 is 0 Å². The van der Waals surface area contributed by atoms with Crippen LogP contribution in [0.25, 0.3) is 20.5 Å². The van der Waals surface area contributed by atoms with Gasteiger partial charge in [-0.25, -0.2) is 0 Å². The third kappa shape index (κ3) is 3.62. The Balaban J connectivity index is 1.31. The van der Waals surface area contributed by atoms with Crippen LogP contribution >= 0.6 is 11.3 Å². The van der Waals surface area contributed by atoms with Gasteiger partial charge in [0, 0.05) is 45.1 Å². The van der Waals surface area contributed by atoms with Crippen molar-refractivity contribution >= 4 is 27.3 Å². The maximum absolute atomic E-state index is 11.8. The van der Waals surface area contributed by atoms with Crippen LogP contribution in [0.5, 0.6) is 23.0 Å². The van der Waals surface area contributed by atoms with Gasteiger partial charge in [-0.3, -0.25) is 4.79 Å². The van der Waals surface area contributed by atoms with Gasteiger partial charge in [0.25, 0.3) is 0 Å². The van der Waals surface area contributed by atoms with Gasteiger partial charge >= 0.3 is 0 Å². The fourth-order valence-electron chi connectivity index (χ4n) is 4.74. The van der Waals surface area contributed by atoms with E-state index in [4.69, 9.17) is 9.47 Å². The van der Waals surface area contributed by atoms with Crippen LogP contribution in [0.3, 0.4) is 0 Å². The highest BCUT2D eigenvalue weighted by molar-refractivity contribution is 7.22. The van der Waals surface area contributed by atoms with E-state index in [0.717, 1.165) is 50.4 Å². The van der Waals surface area contributed by atoms with Crippen molar-refractivity contribution < 1.29 is 24.5 Å². The second kappa shape index (κ2) is 8.25. The van der Waals surface area contributed by atoms with Crippen LogP contribution in [-0.4, -0.2) is 40.7 Å². The van der Waals surface area contributed by atoms with Crippen LogP contribution in [0.4, 0.5) is 0 Å². The molecule has 172 valence electrons. The molecule has 0 radical (unpaired) electrons. The molecule has 6 nitrogen and oxygen atoms in total. The fourth-order valence-corrected chi connectivity index (χ4v) is 6.03. The van der Waals surface area contributed by atoms with Gasteiger partial charge < -0.3 is 24.6 Å². The van der Waals surface area contributed by atoms with Crippen molar-refractivity contribution in [2.24, 2.45) is 0 Å². The minimum atomic E-state index is -0.362. The van der Waals surface area contributed by atoms with Gasteiger partial charge in [0.1, 0.15) is 29.6 Å². The smallest absolute Gasteiger partial charge is 0.222 e. The number of phenols is 2. The largest absolute Gasteiger partial charge is 0.508 e. The number of carbonyl (C=O) groups excluding carboxylic acids is 1. The summed E-state index contributed by atoms with van der Waals surface area (Å²) in [5.74, 6) is 1.95. The molecule has 34 heavy (non-hydrogen) atoms. The zero-order valence-corrected chi connectivity index (χ0v) is 19.2. The number of benzene rings is 3. The number of nitrogens with zero attached hydrogens (tertiary/aromatic N) is 1. The molecule has 2 aliphatic rings. The van der Waals surface area contributed by atoms with E-state index >= 15 is 0 Å². The lowest BCUT2D eigenvalue weighted by Crippen LogP contribution is -2.29. The highest BCUT2D eigenvalue weighted by atomic mass is 32.1. The number of hydrogen-bond donors (Lipinski definition) is 2. The molecule has 1 atom stereocenters. The van der Waals surface area contributed by atoms with E-state index in [1.807, 2.05) is 41.3 Å². The molecule has 0 unspecified atom stereocenters. The topological polar surface area (TPSA) is 79.2 Å². The average molecular weight is 474 g/mol. The lowest BCUT2D eigenvalue weighted by Gasteiger charge is -2.27. The molecule has 1 amide bonds. The van der Waals surface area contributed by atoms with Crippen molar-refractivity contribution in [2.75, 3.05) is 19.7 Å². The van der Waals surface area contributed by atoms with E-state index in [1.165, 1.54) is 0 Å². The number of rotatable bonds is 5. The molecule has 3 heterocycles. The minimum absolute atomic E-state index is 0.153. The number of thiophene rings is 1. The molecule has 0 spiro atoms. The minimum Gasteiger partial charge on any atom is -0.508 e. The third-order valence-electron chi connectivity index (χ3n) is 6.41. The predicted octanol–water partition coefficient (Wildman–Crippen LogP) is 5.46. The van der Waals surface area contributed by atoms with Gasteiger partial charge in [0.05, 0.1) is 6.54 Å². The van der Waals surface area contributed by atoms with Gasteiger partial charge in [0.2, 0.25) is 5.91 Å². The van der Waals surface area contributed by atoms with Crippen molar-refractivity contribution in [1.29, 1.82) is 0 Å². The number of hydrogen-bond acceptors (Lipinski definition) is 6. The molecule has 6 rings (SSSR count). The standard InChI is InChI=1S/C27H23NO5S/c29-17-5-9-20-22(14-17)33-26(25-21-10-6-18(30)15-23(21)34-27(20)25)16-3-7-19(8-4-16)32-13-12-28-11-1-2-24(28)31/h3-10,14-15,26,29-30H,1-2,11-13H2/t26-/m1/s1. The lowest BCUT2D eigenvalue weighted by molar-refractivity contribution is -0.128. The summed E-state index contributed by atoms with van der Waals surface area (Å²) in [7, 11) is 0. The number of amides is 1. The Morgan fingerprint density at radius 1 is 1.03 bits per heavy atom. The number of ether oxygens (including phenoxy) is 2. The Hall–Kier alpha value is -3.71. The maximum atomic E-state index is 11.8. The first-order valence-electron chi connectivity index (χ1n) is 11.3. The van der Waals surface area contributed by atoms with Gasteiger partial charge in [-0.2, -0.15) is 0 Å². The Morgan fingerprint density at radius 2 is 1.82 bits per heavy atom. The summed E-state index contributed by atoms with van der Waals surface area (Å²) in [6.07, 6.45) is 1.20. The number of likely N-dealkylation sites (tertiary alicyclic amines) is 1. The summed E-state index contributed by atoms with van der Waals surface area (Å²) in [6.45, 7) is 1.87. The highest BCUT2D eigenvalue weighted by Gasteiger charge is 2.32. The van der Waals surface area contributed by atoms with E-state index in [0.29, 0.717) is 25.3 Å². The monoisotopic (exact) mass is 473 g/mol. The maximum Gasteiger partial charge on any atom is 0.222 e. The molecule has 2 N–H and O–H groups in total. The molecule has 1 saturated heterocycles. The SMILES string of the molecule is O=C1CCCN1CCOc1ccc([C@H]2Oc3cc(O)ccc3-c3sc4cc(O)ccc4c32)cc1. The van der Waals surface area contributed by atoms with Crippen LogP contribution in [0, 0.1) is 0 Å². The molecule has 7 heteroatoms. The molecule has 0 aliphatic carbocycles. The summed E-state index contributed by atoms with van der Waals surface area (Å²) in [4.78, 5) is 14.7. The summed E-state index contributed by atoms with van der Waals surface area (Å²) in [6, 6.07) is 18.4. The first kappa shape index (κ1) is 20.9. The Labute approximate surface area is 200 Å². The molecule has 0 bridgehead atoms. The van der Waals surface area contributed by atoms with Gasteiger partial charge in [-0.1, -0.05) is 12.1 Å². The Morgan fingerprint density at radius 3 is 2.62 bits per heavy atom. The second-order valence-corrected chi connectivity index (χ2v) is 9.66. The van der Waals surface area contributed by atoms with E-state index in [1.54, 1.807) is 35.6 Å². The molecule has 4 aromatic rings. The molecule has 1 aromatic heterocycles. The molecule has 2 aliphatic heterocycles. The van der Waals surface area contributed by atoms with Crippen LogP contribution in [0.15, 0.2) is 60.7 Å². The van der Waals surface area contributed by atoms with Crippen molar-refractivity contribution in [1.82, 2.24) is 4.90 Å². The molecule has 1 fully saturated rings. The normalized spacial score (nSPS) is 16.9. The number of aromatic hydroxyl groups is 2. The van der Waals surface area contributed by atoms with Crippen LogP contribution in [0.2, 0.25) is 0 Å². The van der Waals surface area contributed by atoms with Gasteiger partial charge in [-0.05, 0) is 54.4 Å².